The third-order valence-electron chi connectivity index (χ3n) is 5.66. The van der Waals surface area contributed by atoms with Gasteiger partial charge in [0.05, 0.1) is 10.6 Å². The van der Waals surface area contributed by atoms with E-state index in [2.05, 4.69) is 10.2 Å². The Morgan fingerprint density at radius 3 is 2.21 bits per heavy atom. The molecule has 4 rings (SSSR count). The van der Waals surface area contributed by atoms with E-state index in [1.807, 2.05) is 24.3 Å². The Balaban J connectivity index is 1.54. The number of halogens is 2. The summed E-state index contributed by atoms with van der Waals surface area (Å²) >= 11 is 12.0. The Labute approximate surface area is 210 Å². The van der Waals surface area contributed by atoms with E-state index in [-0.39, 0.29) is 10.6 Å². The molecule has 3 aromatic carbocycles. The van der Waals surface area contributed by atoms with Gasteiger partial charge in [0.25, 0.3) is 10.0 Å². The molecule has 0 bridgehead atoms. The van der Waals surface area contributed by atoms with Gasteiger partial charge in [-0.1, -0.05) is 29.3 Å². The maximum absolute atomic E-state index is 13.4. The zero-order valence-electron chi connectivity index (χ0n) is 18.5. The van der Waals surface area contributed by atoms with Gasteiger partial charge in [0.1, 0.15) is 6.54 Å². The topological polar surface area (TPSA) is 69.7 Å². The average Bonchev–Trinajstić information content (AvgIpc) is 2.84. The van der Waals surface area contributed by atoms with Crippen LogP contribution >= 0.6 is 23.2 Å². The molecule has 1 amide bonds. The van der Waals surface area contributed by atoms with E-state index < -0.39 is 22.5 Å². The van der Waals surface area contributed by atoms with Crippen LogP contribution in [0.4, 0.5) is 17.1 Å². The summed E-state index contributed by atoms with van der Waals surface area (Å²) in [7, 11) is -4.05. The number of nitrogens with zero attached hydrogens (tertiary/aromatic N) is 2. The molecule has 1 heterocycles. The number of hydrogen-bond acceptors (Lipinski definition) is 4. The molecule has 1 N–H and O–H groups in total. The number of sulfonamides is 1. The first kappa shape index (κ1) is 24.4. The number of carbonyl (C=O) groups excluding carboxylic acids is 1. The molecule has 178 valence electrons. The zero-order chi connectivity index (χ0) is 24.1. The molecule has 1 saturated heterocycles. The zero-order valence-corrected chi connectivity index (χ0v) is 20.8. The van der Waals surface area contributed by atoms with Gasteiger partial charge in [0.15, 0.2) is 0 Å². The minimum atomic E-state index is -4.05. The van der Waals surface area contributed by atoms with Crippen molar-refractivity contribution in [1.82, 2.24) is 0 Å². The highest BCUT2D eigenvalue weighted by Gasteiger charge is 2.27. The summed E-state index contributed by atoms with van der Waals surface area (Å²) in [6.45, 7) is 1.64. The average molecular weight is 518 g/mol. The number of rotatable bonds is 7. The minimum Gasteiger partial charge on any atom is -0.372 e. The molecular formula is C25H25Cl2N3O3S. The number of piperidine rings is 1. The van der Waals surface area contributed by atoms with E-state index in [0.29, 0.717) is 15.7 Å². The van der Waals surface area contributed by atoms with Crippen molar-refractivity contribution in [1.29, 1.82) is 0 Å². The van der Waals surface area contributed by atoms with Crippen LogP contribution in [0.1, 0.15) is 19.3 Å². The molecule has 0 aromatic heterocycles. The monoisotopic (exact) mass is 517 g/mol. The second-order valence-corrected chi connectivity index (χ2v) is 10.8. The molecule has 1 aliphatic heterocycles. The highest BCUT2D eigenvalue weighted by molar-refractivity contribution is 7.92. The second kappa shape index (κ2) is 10.7. The lowest BCUT2D eigenvalue weighted by atomic mass is 10.1. The van der Waals surface area contributed by atoms with E-state index in [1.54, 1.807) is 18.2 Å². The van der Waals surface area contributed by atoms with Crippen molar-refractivity contribution in [3.05, 3.63) is 82.8 Å². The lowest BCUT2D eigenvalue weighted by molar-refractivity contribution is -0.114. The first-order chi connectivity index (χ1) is 16.3. The number of carbonyl (C=O) groups is 1. The molecule has 0 aliphatic carbocycles. The first-order valence-corrected chi connectivity index (χ1v) is 13.2. The van der Waals surface area contributed by atoms with Crippen molar-refractivity contribution in [2.45, 2.75) is 24.2 Å². The molecule has 0 unspecified atom stereocenters. The minimum absolute atomic E-state index is 0.0237. The van der Waals surface area contributed by atoms with Gasteiger partial charge in [-0.05, 0) is 86.0 Å². The molecule has 0 atom stereocenters. The van der Waals surface area contributed by atoms with Gasteiger partial charge in [-0.15, -0.1) is 0 Å². The fourth-order valence-electron chi connectivity index (χ4n) is 3.92. The molecule has 3 aromatic rings. The molecular weight excluding hydrogens is 493 g/mol. The van der Waals surface area contributed by atoms with Gasteiger partial charge in [-0.25, -0.2) is 8.42 Å². The lowest BCUT2D eigenvalue weighted by Gasteiger charge is -2.29. The molecule has 1 fully saturated rings. The van der Waals surface area contributed by atoms with E-state index in [9.17, 15) is 13.2 Å². The maximum atomic E-state index is 13.4. The van der Waals surface area contributed by atoms with Crippen LogP contribution in [0.2, 0.25) is 10.0 Å². The molecule has 34 heavy (non-hydrogen) atoms. The summed E-state index contributed by atoms with van der Waals surface area (Å²) in [6.07, 6.45) is 3.62. The van der Waals surface area contributed by atoms with Gasteiger partial charge < -0.3 is 10.2 Å². The van der Waals surface area contributed by atoms with Crippen LogP contribution in [0.25, 0.3) is 0 Å². The van der Waals surface area contributed by atoms with Crippen LogP contribution in [0, 0.1) is 0 Å². The van der Waals surface area contributed by atoms with Crippen molar-refractivity contribution in [2.75, 3.05) is 34.2 Å². The van der Waals surface area contributed by atoms with E-state index in [1.165, 1.54) is 49.6 Å². The van der Waals surface area contributed by atoms with Gasteiger partial charge in [-0.3, -0.25) is 9.10 Å². The van der Waals surface area contributed by atoms with Gasteiger partial charge in [0.2, 0.25) is 5.91 Å². The molecule has 0 radical (unpaired) electrons. The number of nitrogens with one attached hydrogen (secondary N) is 1. The molecule has 9 heteroatoms. The quantitative estimate of drug-likeness (QED) is 0.428. The fourth-order valence-corrected chi connectivity index (χ4v) is 5.64. The molecule has 1 aliphatic rings. The third-order valence-corrected chi connectivity index (χ3v) is 7.93. The SMILES string of the molecule is O=C(CN(c1cccc(Cl)c1)S(=O)(=O)c1ccc(Cl)cc1)Nc1ccc(N2CCCCC2)cc1. The van der Waals surface area contributed by atoms with Gasteiger partial charge in [-0.2, -0.15) is 0 Å². The Kier molecular flexibility index (Phi) is 7.66. The van der Waals surface area contributed by atoms with Crippen LogP contribution < -0.4 is 14.5 Å². The first-order valence-electron chi connectivity index (χ1n) is 11.0. The summed E-state index contributed by atoms with van der Waals surface area (Å²) in [6, 6.07) is 19.8. The predicted octanol–water partition coefficient (Wildman–Crippen LogP) is 5.82. The highest BCUT2D eigenvalue weighted by Crippen LogP contribution is 2.27. The van der Waals surface area contributed by atoms with E-state index in [4.69, 9.17) is 23.2 Å². The molecule has 0 saturated carbocycles. The summed E-state index contributed by atoms with van der Waals surface area (Å²) in [5.74, 6) is -0.469. The molecule has 6 nitrogen and oxygen atoms in total. The van der Waals surface area contributed by atoms with Crippen molar-refractivity contribution < 1.29 is 13.2 Å². The largest absolute Gasteiger partial charge is 0.372 e. The Morgan fingerprint density at radius 1 is 0.882 bits per heavy atom. The Hall–Kier alpha value is -2.74. The second-order valence-electron chi connectivity index (χ2n) is 8.09. The van der Waals surface area contributed by atoms with Gasteiger partial charge >= 0.3 is 0 Å². The van der Waals surface area contributed by atoms with Gasteiger partial charge in [0, 0.05) is 34.5 Å². The van der Waals surface area contributed by atoms with Crippen LogP contribution in [-0.4, -0.2) is 34.0 Å². The lowest BCUT2D eigenvalue weighted by Crippen LogP contribution is -2.38. The van der Waals surface area contributed by atoms with Crippen molar-refractivity contribution in [3.63, 3.8) is 0 Å². The van der Waals surface area contributed by atoms with Crippen LogP contribution in [0.3, 0.4) is 0 Å². The van der Waals surface area contributed by atoms with Crippen molar-refractivity contribution in [2.24, 2.45) is 0 Å². The highest BCUT2D eigenvalue weighted by atomic mass is 35.5. The van der Waals surface area contributed by atoms with Crippen LogP contribution in [-0.2, 0) is 14.8 Å². The van der Waals surface area contributed by atoms with Crippen LogP contribution in [0.15, 0.2) is 77.7 Å². The van der Waals surface area contributed by atoms with E-state index >= 15 is 0 Å². The predicted molar refractivity (Wildman–Crippen MR) is 139 cm³/mol. The van der Waals surface area contributed by atoms with E-state index in [0.717, 1.165) is 23.1 Å². The Morgan fingerprint density at radius 2 is 1.56 bits per heavy atom. The standard InChI is InChI=1S/C25H25Cl2N3O3S/c26-19-7-13-24(14-8-19)34(32,33)30(23-6-4-5-20(27)17-23)18-25(31)28-21-9-11-22(12-10-21)29-15-2-1-3-16-29/h4-14,17H,1-3,15-16,18H2,(H,28,31). The number of benzene rings is 3. The van der Waals surface area contributed by atoms with Crippen molar-refractivity contribution in [3.8, 4) is 0 Å². The number of hydrogen-bond donors (Lipinski definition) is 1. The third kappa shape index (κ3) is 5.84. The number of anilines is 3. The smallest absolute Gasteiger partial charge is 0.264 e. The van der Waals surface area contributed by atoms with Crippen LogP contribution in [0.5, 0.6) is 0 Å². The number of amides is 1. The summed E-state index contributed by atoms with van der Waals surface area (Å²) < 4.78 is 27.9. The fraction of sp³-hybridized carbons (Fsp3) is 0.240. The maximum Gasteiger partial charge on any atom is 0.264 e. The summed E-state index contributed by atoms with van der Waals surface area (Å²) in [4.78, 5) is 15.3. The Bertz CT molecular complexity index is 1240. The summed E-state index contributed by atoms with van der Waals surface area (Å²) in [5, 5.41) is 3.58. The summed E-state index contributed by atoms with van der Waals surface area (Å²) in [5.41, 5.74) is 2.00. The molecule has 0 spiro atoms. The normalized spacial score (nSPS) is 14.0. The van der Waals surface area contributed by atoms with Crippen molar-refractivity contribution >= 4 is 56.2 Å².